The fourth-order valence-corrected chi connectivity index (χ4v) is 1.59. The molecule has 74 valence electrons. The molecule has 0 spiro atoms. The number of carbonyl (C=O) groups excluding carboxylic acids is 1. The van der Waals surface area contributed by atoms with Crippen LogP contribution in [0.3, 0.4) is 0 Å². The molecule has 0 amide bonds. The van der Waals surface area contributed by atoms with Gasteiger partial charge in [0.15, 0.2) is 0 Å². The van der Waals surface area contributed by atoms with Crippen LogP contribution in [0.25, 0.3) is 0 Å². The van der Waals surface area contributed by atoms with Gasteiger partial charge in [0.2, 0.25) is 6.08 Å². The molecule has 0 aromatic heterocycles. The Balaban J connectivity index is 2.99. The summed E-state index contributed by atoms with van der Waals surface area (Å²) in [6.45, 7) is 4.06. The van der Waals surface area contributed by atoms with Crippen molar-refractivity contribution in [2.75, 3.05) is 0 Å². The first-order chi connectivity index (χ1) is 6.79. The van der Waals surface area contributed by atoms with Crippen molar-refractivity contribution >= 4 is 6.08 Å². The lowest BCUT2D eigenvalue weighted by atomic mass is 9.99. The zero-order chi connectivity index (χ0) is 10.4. The zero-order valence-corrected chi connectivity index (χ0v) is 8.66. The molecular weight excluding hydrogens is 174 g/mol. The Morgan fingerprint density at radius 1 is 1.43 bits per heavy atom. The Morgan fingerprint density at radius 2 is 2.14 bits per heavy atom. The summed E-state index contributed by atoms with van der Waals surface area (Å²) < 4.78 is 0. The van der Waals surface area contributed by atoms with E-state index in [1.165, 1.54) is 5.56 Å². The van der Waals surface area contributed by atoms with Gasteiger partial charge in [-0.15, -0.1) is 0 Å². The van der Waals surface area contributed by atoms with Crippen LogP contribution in [-0.2, 0) is 11.2 Å². The lowest BCUT2D eigenvalue weighted by Crippen LogP contribution is -1.96. The summed E-state index contributed by atoms with van der Waals surface area (Å²) >= 11 is 0. The van der Waals surface area contributed by atoms with E-state index >= 15 is 0 Å². The molecule has 1 rings (SSSR count). The highest BCUT2D eigenvalue weighted by Gasteiger charge is 2.07. The molecule has 1 unspecified atom stereocenters. The molecular formula is C12H15NO. The Kier molecular flexibility index (Phi) is 4.09. The minimum absolute atomic E-state index is 0.0738. The van der Waals surface area contributed by atoms with Crippen molar-refractivity contribution in [1.82, 2.24) is 0 Å². The van der Waals surface area contributed by atoms with Gasteiger partial charge >= 0.3 is 0 Å². The van der Waals surface area contributed by atoms with Crippen LogP contribution < -0.4 is 0 Å². The summed E-state index contributed by atoms with van der Waals surface area (Å²) in [5, 5.41) is 0. The van der Waals surface area contributed by atoms with E-state index in [0.29, 0.717) is 0 Å². The number of benzene rings is 1. The zero-order valence-electron chi connectivity index (χ0n) is 8.66. The molecule has 1 aromatic carbocycles. The van der Waals surface area contributed by atoms with Gasteiger partial charge in [0, 0.05) is 0 Å². The maximum Gasteiger partial charge on any atom is 0.235 e. The number of hydrogen-bond acceptors (Lipinski definition) is 2. The van der Waals surface area contributed by atoms with Gasteiger partial charge in [-0.1, -0.05) is 37.6 Å². The lowest BCUT2D eigenvalue weighted by molar-refractivity contribution is 0.559. The van der Waals surface area contributed by atoms with E-state index in [4.69, 9.17) is 0 Å². The molecule has 0 radical (unpaired) electrons. The maximum absolute atomic E-state index is 10.2. The van der Waals surface area contributed by atoms with Crippen molar-refractivity contribution in [1.29, 1.82) is 0 Å². The standard InChI is InChI=1S/C12H15NO/c1-3-6-11-7-4-5-8-12(11)10(2)13-9-14/h4-5,7-8,10H,3,6H2,1-2H3. The van der Waals surface area contributed by atoms with E-state index < -0.39 is 0 Å². The molecule has 14 heavy (non-hydrogen) atoms. The van der Waals surface area contributed by atoms with Gasteiger partial charge in [-0.2, -0.15) is 4.99 Å². The number of hydrogen-bond donors (Lipinski definition) is 0. The lowest BCUT2D eigenvalue weighted by Gasteiger charge is -2.10. The van der Waals surface area contributed by atoms with Crippen molar-refractivity contribution in [3.63, 3.8) is 0 Å². The number of aryl methyl sites for hydroxylation is 1. The van der Waals surface area contributed by atoms with Crippen LogP contribution in [0.5, 0.6) is 0 Å². The molecule has 0 aliphatic rings. The predicted octanol–water partition coefficient (Wildman–Crippen LogP) is 3.04. The minimum Gasteiger partial charge on any atom is -0.211 e. The van der Waals surface area contributed by atoms with Crippen molar-refractivity contribution < 1.29 is 4.79 Å². The molecule has 0 N–H and O–H groups in total. The van der Waals surface area contributed by atoms with Crippen LogP contribution in [0.4, 0.5) is 0 Å². The SMILES string of the molecule is CCCc1ccccc1C(C)N=C=O. The van der Waals surface area contributed by atoms with Crippen LogP contribution in [-0.4, -0.2) is 6.08 Å². The number of isocyanates is 1. The van der Waals surface area contributed by atoms with Crippen LogP contribution in [0.1, 0.15) is 37.4 Å². The van der Waals surface area contributed by atoms with Crippen LogP contribution in [0, 0.1) is 0 Å². The summed E-state index contributed by atoms with van der Waals surface area (Å²) in [5.74, 6) is 0. The summed E-state index contributed by atoms with van der Waals surface area (Å²) in [5.41, 5.74) is 2.42. The highest BCUT2D eigenvalue weighted by Crippen LogP contribution is 2.21. The average molecular weight is 189 g/mol. The summed E-state index contributed by atoms with van der Waals surface area (Å²) in [6, 6.07) is 8.04. The second-order valence-electron chi connectivity index (χ2n) is 3.35. The fraction of sp³-hybridized carbons (Fsp3) is 0.417. The second kappa shape index (κ2) is 5.36. The molecule has 0 saturated heterocycles. The molecule has 0 aliphatic heterocycles. The largest absolute Gasteiger partial charge is 0.235 e. The van der Waals surface area contributed by atoms with Crippen molar-refractivity contribution in [3.8, 4) is 0 Å². The topological polar surface area (TPSA) is 29.4 Å². The van der Waals surface area contributed by atoms with Gasteiger partial charge < -0.3 is 0 Å². The van der Waals surface area contributed by atoms with Crippen molar-refractivity contribution in [2.24, 2.45) is 4.99 Å². The molecule has 2 heteroatoms. The van der Waals surface area contributed by atoms with Crippen LogP contribution >= 0.6 is 0 Å². The molecule has 0 aliphatic carbocycles. The molecule has 1 atom stereocenters. The summed E-state index contributed by atoms with van der Waals surface area (Å²) in [7, 11) is 0. The van der Waals surface area contributed by atoms with E-state index in [-0.39, 0.29) is 6.04 Å². The first-order valence-corrected chi connectivity index (χ1v) is 4.94. The number of aliphatic imine (C=N–C) groups is 1. The average Bonchev–Trinajstić information content (AvgIpc) is 2.19. The van der Waals surface area contributed by atoms with E-state index in [9.17, 15) is 4.79 Å². The smallest absolute Gasteiger partial charge is 0.211 e. The van der Waals surface area contributed by atoms with Gasteiger partial charge in [-0.3, -0.25) is 0 Å². The second-order valence-corrected chi connectivity index (χ2v) is 3.35. The summed E-state index contributed by atoms with van der Waals surface area (Å²) in [6.07, 6.45) is 3.75. The quantitative estimate of drug-likeness (QED) is 0.528. The van der Waals surface area contributed by atoms with Gasteiger partial charge in [0.25, 0.3) is 0 Å². The van der Waals surface area contributed by atoms with E-state index in [2.05, 4.69) is 18.0 Å². The highest BCUT2D eigenvalue weighted by molar-refractivity contribution is 5.37. The van der Waals surface area contributed by atoms with Crippen LogP contribution in [0.2, 0.25) is 0 Å². The Bertz CT molecular complexity index is 340. The summed E-state index contributed by atoms with van der Waals surface area (Å²) in [4.78, 5) is 13.9. The van der Waals surface area contributed by atoms with Gasteiger partial charge in [0.05, 0.1) is 6.04 Å². The van der Waals surface area contributed by atoms with E-state index in [1.54, 1.807) is 6.08 Å². The third-order valence-electron chi connectivity index (χ3n) is 2.27. The first-order valence-electron chi connectivity index (χ1n) is 4.94. The predicted molar refractivity (Wildman–Crippen MR) is 57.0 cm³/mol. The first kappa shape index (κ1) is 10.7. The Hall–Kier alpha value is -1.40. The van der Waals surface area contributed by atoms with Crippen LogP contribution in [0.15, 0.2) is 29.3 Å². The van der Waals surface area contributed by atoms with E-state index in [1.807, 2.05) is 25.1 Å². The number of rotatable bonds is 4. The molecule has 0 saturated carbocycles. The minimum atomic E-state index is -0.0738. The third-order valence-corrected chi connectivity index (χ3v) is 2.27. The van der Waals surface area contributed by atoms with E-state index in [0.717, 1.165) is 18.4 Å². The van der Waals surface area contributed by atoms with Crippen molar-refractivity contribution in [3.05, 3.63) is 35.4 Å². The van der Waals surface area contributed by atoms with Gasteiger partial charge in [0.1, 0.15) is 0 Å². The Morgan fingerprint density at radius 3 is 2.79 bits per heavy atom. The molecule has 0 bridgehead atoms. The fourth-order valence-electron chi connectivity index (χ4n) is 1.59. The molecule has 0 fully saturated rings. The molecule has 2 nitrogen and oxygen atoms in total. The van der Waals surface area contributed by atoms with Gasteiger partial charge in [-0.25, -0.2) is 4.79 Å². The monoisotopic (exact) mass is 189 g/mol. The number of nitrogens with zero attached hydrogens (tertiary/aromatic N) is 1. The highest BCUT2D eigenvalue weighted by atomic mass is 16.1. The van der Waals surface area contributed by atoms with Crippen molar-refractivity contribution in [2.45, 2.75) is 32.7 Å². The molecule has 1 aromatic rings. The van der Waals surface area contributed by atoms with Gasteiger partial charge in [-0.05, 0) is 24.5 Å². The third kappa shape index (κ3) is 2.54. The maximum atomic E-state index is 10.2. The molecule has 0 heterocycles. The Labute approximate surface area is 84.7 Å². The normalized spacial score (nSPS) is 11.9.